The summed E-state index contributed by atoms with van der Waals surface area (Å²) in [6.45, 7) is 14.2. The number of benzene rings is 1. The second-order valence-electron chi connectivity index (χ2n) is 8.99. The van der Waals surface area contributed by atoms with Crippen LogP contribution in [0.2, 0.25) is 30.7 Å². The van der Waals surface area contributed by atoms with E-state index in [4.69, 9.17) is 16.3 Å². The Balaban J connectivity index is 2.26. The fraction of sp³-hybridized carbons (Fsp3) is 0.524. The second kappa shape index (κ2) is 9.67. The van der Waals surface area contributed by atoms with Gasteiger partial charge in [0.15, 0.2) is 5.82 Å². The van der Waals surface area contributed by atoms with Crippen molar-refractivity contribution in [2.45, 2.75) is 53.0 Å². The number of aromatic nitrogens is 2. The molecule has 8 heteroatoms. The topological polar surface area (TPSA) is 70.4 Å². The first kappa shape index (κ1) is 23.3. The summed E-state index contributed by atoms with van der Waals surface area (Å²) in [7, 11) is -1.40. The molecule has 1 amide bonds. The van der Waals surface area contributed by atoms with Crippen molar-refractivity contribution in [2.75, 3.05) is 18.1 Å². The van der Waals surface area contributed by atoms with Crippen LogP contribution < -0.4 is 14.7 Å². The van der Waals surface area contributed by atoms with Crippen molar-refractivity contribution in [3.05, 3.63) is 40.5 Å². The highest BCUT2D eigenvalue weighted by Crippen LogP contribution is 2.26. The molecule has 1 aromatic carbocycles. The van der Waals surface area contributed by atoms with Gasteiger partial charge in [-0.05, 0) is 37.1 Å². The third kappa shape index (κ3) is 7.08. The number of ether oxygens (including phenoxy) is 1. The fourth-order valence-electron chi connectivity index (χ4n) is 2.76. The van der Waals surface area contributed by atoms with Crippen LogP contribution in [0.25, 0.3) is 0 Å². The van der Waals surface area contributed by atoms with Crippen LogP contribution in [0.1, 0.15) is 25.1 Å². The average Bonchev–Trinajstić information content (AvgIpc) is 2.93. The number of anilines is 1. The Labute approximate surface area is 179 Å². The SMILES string of the molecule is Cc1cc(N(CC[Si](C)(C)C)C(=O)[O-])nn1Cc1cc(Cl)ccc1OCC(C)C. The zero-order valence-electron chi connectivity index (χ0n) is 18.2. The molecule has 0 aliphatic rings. The molecule has 0 aliphatic carbocycles. The third-order valence-electron chi connectivity index (χ3n) is 4.47. The van der Waals surface area contributed by atoms with E-state index in [1.165, 1.54) is 4.90 Å². The molecule has 2 rings (SSSR count). The van der Waals surface area contributed by atoms with Gasteiger partial charge in [-0.25, -0.2) is 0 Å². The number of rotatable bonds is 9. The highest BCUT2D eigenvalue weighted by Gasteiger charge is 2.19. The van der Waals surface area contributed by atoms with E-state index in [-0.39, 0.29) is 0 Å². The third-order valence-corrected chi connectivity index (χ3v) is 6.42. The maximum Gasteiger partial charge on any atom is 0.156 e. The molecule has 0 unspecified atom stereocenters. The van der Waals surface area contributed by atoms with E-state index in [1.54, 1.807) is 16.8 Å². The number of hydrogen-bond acceptors (Lipinski definition) is 4. The number of hydrogen-bond donors (Lipinski definition) is 0. The summed E-state index contributed by atoms with van der Waals surface area (Å²) < 4.78 is 7.70. The van der Waals surface area contributed by atoms with Crippen molar-refractivity contribution >= 4 is 31.6 Å². The molecule has 1 aromatic heterocycles. The van der Waals surface area contributed by atoms with Crippen LogP contribution >= 0.6 is 11.6 Å². The molecule has 0 saturated carbocycles. The first-order valence-electron chi connectivity index (χ1n) is 9.90. The van der Waals surface area contributed by atoms with Crippen LogP contribution in [0, 0.1) is 12.8 Å². The van der Waals surface area contributed by atoms with Gasteiger partial charge in [-0.1, -0.05) is 45.1 Å². The molecule has 2 aromatic rings. The zero-order valence-corrected chi connectivity index (χ0v) is 19.9. The van der Waals surface area contributed by atoms with Crippen molar-refractivity contribution in [2.24, 2.45) is 5.92 Å². The number of carbonyl (C=O) groups excluding carboxylic acids is 1. The van der Waals surface area contributed by atoms with Crippen LogP contribution in [-0.2, 0) is 6.54 Å². The lowest BCUT2D eigenvalue weighted by Gasteiger charge is -2.26. The number of amides is 1. The fourth-order valence-corrected chi connectivity index (χ4v) is 3.85. The largest absolute Gasteiger partial charge is 0.530 e. The van der Waals surface area contributed by atoms with E-state index in [0.717, 1.165) is 23.1 Å². The molecule has 6 nitrogen and oxygen atoms in total. The van der Waals surface area contributed by atoms with E-state index in [9.17, 15) is 9.90 Å². The smallest absolute Gasteiger partial charge is 0.156 e. The number of aryl methyl sites for hydroxylation is 1. The molecule has 160 valence electrons. The Kier molecular flexibility index (Phi) is 7.77. The minimum atomic E-state index is -1.40. The molecule has 0 fully saturated rings. The highest BCUT2D eigenvalue weighted by atomic mass is 35.5. The Morgan fingerprint density at radius 1 is 1.31 bits per heavy atom. The van der Waals surface area contributed by atoms with Gasteiger partial charge < -0.3 is 19.5 Å². The zero-order chi connectivity index (χ0) is 21.8. The maximum absolute atomic E-state index is 11.7. The summed E-state index contributed by atoms with van der Waals surface area (Å²) in [5.41, 5.74) is 1.76. The van der Waals surface area contributed by atoms with Crippen LogP contribution in [0.5, 0.6) is 5.75 Å². The van der Waals surface area contributed by atoms with Crippen molar-refractivity contribution < 1.29 is 14.6 Å². The van der Waals surface area contributed by atoms with Crippen LogP contribution in [0.15, 0.2) is 24.3 Å². The number of nitrogens with zero attached hydrogens (tertiary/aromatic N) is 3. The Morgan fingerprint density at radius 3 is 2.59 bits per heavy atom. The molecule has 0 aliphatic heterocycles. The van der Waals surface area contributed by atoms with Crippen LogP contribution in [-0.4, -0.2) is 37.1 Å². The number of halogens is 1. The lowest BCUT2D eigenvalue weighted by atomic mass is 10.2. The van der Waals surface area contributed by atoms with Gasteiger partial charge in [-0.3, -0.25) is 4.68 Å². The van der Waals surface area contributed by atoms with E-state index >= 15 is 0 Å². The van der Waals surface area contributed by atoms with E-state index in [0.29, 0.717) is 36.5 Å². The molecule has 0 spiro atoms. The summed E-state index contributed by atoms with van der Waals surface area (Å²) in [6, 6.07) is 8.14. The molecule has 0 bridgehead atoms. The Hall–Kier alpha value is -1.99. The molecule has 1 heterocycles. The van der Waals surface area contributed by atoms with E-state index in [2.05, 4.69) is 38.6 Å². The monoisotopic (exact) mass is 436 g/mol. The van der Waals surface area contributed by atoms with Crippen LogP contribution in [0.3, 0.4) is 0 Å². The van der Waals surface area contributed by atoms with Crippen molar-refractivity contribution in [3.8, 4) is 5.75 Å². The molecule has 0 saturated heterocycles. The van der Waals surface area contributed by atoms with E-state index < -0.39 is 14.2 Å². The molecular formula is C21H31ClN3O3Si-. The minimum Gasteiger partial charge on any atom is -0.530 e. The first-order chi connectivity index (χ1) is 13.5. The number of carbonyl (C=O) groups is 1. The maximum atomic E-state index is 11.7. The van der Waals surface area contributed by atoms with Crippen molar-refractivity contribution in [3.63, 3.8) is 0 Å². The van der Waals surface area contributed by atoms with Gasteiger partial charge in [0.2, 0.25) is 0 Å². The normalized spacial score (nSPS) is 11.7. The summed E-state index contributed by atoms with van der Waals surface area (Å²) >= 11 is 6.19. The predicted octanol–water partition coefficient (Wildman–Crippen LogP) is 4.42. The summed E-state index contributed by atoms with van der Waals surface area (Å²) in [5.74, 6) is 1.56. The predicted molar refractivity (Wildman–Crippen MR) is 119 cm³/mol. The lowest BCUT2D eigenvalue weighted by Crippen LogP contribution is -2.44. The summed E-state index contributed by atoms with van der Waals surface area (Å²) in [6.07, 6.45) is -1.23. The molecule has 29 heavy (non-hydrogen) atoms. The lowest BCUT2D eigenvalue weighted by molar-refractivity contribution is -0.246. The van der Waals surface area contributed by atoms with Gasteiger partial charge in [-0.2, -0.15) is 5.10 Å². The van der Waals surface area contributed by atoms with Gasteiger partial charge in [-0.15, -0.1) is 0 Å². The summed E-state index contributed by atoms with van der Waals surface area (Å²) in [5, 5.41) is 16.8. The van der Waals surface area contributed by atoms with E-state index in [1.807, 2.05) is 19.1 Å². The highest BCUT2D eigenvalue weighted by molar-refractivity contribution is 6.76. The standard InChI is InChI=1S/C21H32ClN3O3Si/c1-15(2)14-28-19-8-7-18(22)12-17(19)13-25-16(3)11-20(23-25)24(21(26)27)9-10-29(4,5)6/h7-8,11-12,15H,9-10,13-14H2,1-6H3,(H,26,27)/p-1. The molecule has 0 atom stereocenters. The van der Waals surface area contributed by atoms with Gasteiger partial charge in [0.25, 0.3) is 0 Å². The molecule has 0 N–H and O–H groups in total. The molecular weight excluding hydrogens is 406 g/mol. The van der Waals surface area contributed by atoms with Crippen molar-refractivity contribution in [1.82, 2.24) is 9.78 Å². The Morgan fingerprint density at radius 2 is 2.00 bits per heavy atom. The van der Waals surface area contributed by atoms with Gasteiger partial charge in [0, 0.05) is 37.0 Å². The molecule has 0 radical (unpaired) electrons. The quantitative estimate of drug-likeness (QED) is 0.545. The minimum absolute atomic E-state index is 0.396. The van der Waals surface area contributed by atoms with Gasteiger partial charge >= 0.3 is 0 Å². The summed E-state index contributed by atoms with van der Waals surface area (Å²) in [4.78, 5) is 12.9. The second-order valence-corrected chi connectivity index (χ2v) is 15.0. The Bertz CT molecular complexity index is 846. The average molecular weight is 437 g/mol. The van der Waals surface area contributed by atoms with Gasteiger partial charge in [0.1, 0.15) is 11.8 Å². The number of carboxylic acid groups (broad SMARTS) is 1. The van der Waals surface area contributed by atoms with Crippen LogP contribution in [0.4, 0.5) is 10.6 Å². The van der Waals surface area contributed by atoms with Gasteiger partial charge in [0.05, 0.1) is 13.2 Å². The van der Waals surface area contributed by atoms with Crippen molar-refractivity contribution in [1.29, 1.82) is 0 Å². The first-order valence-corrected chi connectivity index (χ1v) is 14.0.